The zero-order chi connectivity index (χ0) is 20.3. The Hall–Kier alpha value is -2.72. The van der Waals surface area contributed by atoms with E-state index < -0.39 is 0 Å². The summed E-state index contributed by atoms with van der Waals surface area (Å²) in [5, 5.41) is 3.52. The fraction of sp³-hybridized carbons (Fsp3) is 0.240. The molecule has 0 radical (unpaired) electrons. The molecule has 0 aromatic heterocycles. The Morgan fingerprint density at radius 2 is 1.62 bits per heavy atom. The van der Waals surface area contributed by atoms with Crippen LogP contribution in [-0.4, -0.2) is 19.1 Å². The molecule has 0 aliphatic carbocycles. The maximum absolute atomic E-state index is 11.7. The third-order valence-electron chi connectivity index (χ3n) is 4.44. The van der Waals surface area contributed by atoms with Gasteiger partial charge in [-0.05, 0) is 61.2 Å². The first-order valence-corrected chi connectivity index (χ1v) is 10.8. The van der Waals surface area contributed by atoms with Crippen molar-refractivity contribution in [2.45, 2.75) is 36.0 Å². The van der Waals surface area contributed by atoms with Gasteiger partial charge in [-0.25, -0.2) is 0 Å². The largest absolute Gasteiger partial charge is 0.466 e. The molecule has 0 unspecified atom stereocenters. The highest BCUT2D eigenvalue weighted by Gasteiger charge is 2.06. The van der Waals surface area contributed by atoms with Gasteiger partial charge in [0.1, 0.15) is 0 Å². The Balaban J connectivity index is 1.52. The Morgan fingerprint density at radius 3 is 2.41 bits per heavy atom. The molecule has 0 amide bonds. The lowest BCUT2D eigenvalue weighted by molar-refractivity contribution is -0.142. The molecule has 3 aromatic carbocycles. The van der Waals surface area contributed by atoms with E-state index in [9.17, 15) is 4.79 Å². The topological polar surface area (TPSA) is 38.3 Å². The van der Waals surface area contributed by atoms with Gasteiger partial charge >= 0.3 is 5.97 Å². The van der Waals surface area contributed by atoms with Gasteiger partial charge in [0.15, 0.2) is 0 Å². The zero-order valence-corrected chi connectivity index (χ0v) is 17.6. The van der Waals surface area contributed by atoms with Gasteiger partial charge < -0.3 is 10.1 Å². The van der Waals surface area contributed by atoms with Gasteiger partial charge in [0.25, 0.3) is 0 Å². The summed E-state index contributed by atoms with van der Waals surface area (Å²) in [6.45, 7) is 3.18. The summed E-state index contributed by atoms with van der Waals surface area (Å²) in [5.74, 6) is -0.184. The predicted octanol–water partition coefficient (Wildman–Crippen LogP) is 5.99. The fourth-order valence-corrected chi connectivity index (χ4v) is 4.03. The molecule has 0 spiro atoms. The van der Waals surface area contributed by atoms with Gasteiger partial charge in [0.2, 0.25) is 0 Å². The summed E-state index contributed by atoms with van der Waals surface area (Å²) in [7, 11) is 0. The molecule has 3 rings (SSSR count). The van der Waals surface area contributed by atoms with Crippen molar-refractivity contribution in [3.63, 3.8) is 0 Å². The van der Waals surface area contributed by atoms with Crippen LogP contribution in [-0.2, 0) is 22.4 Å². The maximum atomic E-state index is 11.7. The van der Waals surface area contributed by atoms with E-state index in [2.05, 4.69) is 72.0 Å². The molecule has 4 heteroatoms. The zero-order valence-electron chi connectivity index (χ0n) is 16.8. The number of hydrogen-bond acceptors (Lipinski definition) is 4. The summed E-state index contributed by atoms with van der Waals surface area (Å²) in [6, 6.07) is 27.1. The van der Waals surface area contributed by atoms with Crippen LogP contribution in [0.25, 0.3) is 0 Å². The number of anilines is 1. The van der Waals surface area contributed by atoms with Crippen LogP contribution in [0.3, 0.4) is 0 Å². The number of carbonyl (C=O) groups is 1. The first-order valence-electron chi connectivity index (χ1n) is 10.0. The molecular weight excluding hydrogens is 378 g/mol. The minimum atomic E-state index is -0.184. The molecule has 0 aliphatic heterocycles. The van der Waals surface area contributed by atoms with E-state index in [1.807, 2.05) is 19.1 Å². The average Bonchev–Trinajstić information content (AvgIpc) is 2.73. The monoisotopic (exact) mass is 405 g/mol. The van der Waals surface area contributed by atoms with E-state index in [4.69, 9.17) is 4.74 Å². The van der Waals surface area contributed by atoms with Crippen LogP contribution < -0.4 is 5.32 Å². The van der Waals surface area contributed by atoms with E-state index >= 15 is 0 Å². The Morgan fingerprint density at radius 1 is 0.897 bits per heavy atom. The van der Waals surface area contributed by atoms with Gasteiger partial charge in [-0.3, -0.25) is 4.79 Å². The minimum absolute atomic E-state index is 0.184. The van der Waals surface area contributed by atoms with E-state index in [-0.39, 0.29) is 5.97 Å². The molecular formula is C25H27NO2S. The van der Waals surface area contributed by atoms with Crippen molar-refractivity contribution in [3.05, 3.63) is 90.0 Å². The number of esters is 1. The highest BCUT2D eigenvalue weighted by molar-refractivity contribution is 7.99. The molecule has 0 fully saturated rings. The van der Waals surface area contributed by atoms with Crippen molar-refractivity contribution in [1.82, 2.24) is 0 Å². The number of ether oxygens (including phenoxy) is 1. The predicted molar refractivity (Wildman–Crippen MR) is 121 cm³/mol. The van der Waals surface area contributed by atoms with Crippen LogP contribution in [0, 0.1) is 0 Å². The summed E-state index contributed by atoms with van der Waals surface area (Å²) in [5.41, 5.74) is 3.48. The fourth-order valence-electron chi connectivity index (χ4n) is 3.07. The van der Waals surface area contributed by atoms with E-state index in [0.717, 1.165) is 35.5 Å². The number of aryl methyl sites for hydroxylation is 1. The SMILES string of the molecule is CCOC(=O)Cc1cccc(Sc2cccc(NCCCc3ccccc3)c2)c1. The van der Waals surface area contributed by atoms with Gasteiger partial charge in [0, 0.05) is 22.0 Å². The van der Waals surface area contributed by atoms with Crippen LogP contribution >= 0.6 is 11.8 Å². The lowest BCUT2D eigenvalue weighted by Gasteiger charge is -2.09. The summed E-state index contributed by atoms with van der Waals surface area (Å²) < 4.78 is 5.04. The first kappa shape index (κ1) is 21.0. The average molecular weight is 406 g/mol. The summed E-state index contributed by atoms with van der Waals surface area (Å²) >= 11 is 1.70. The second-order valence-electron chi connectivity index (χ2n) is 6.78. The molecule has 0 atom stereocenters. The lowest BCUT2D eigenvalue weighted by atomic mass is 10.1. The number of carbonyl (C=O) groups excluding carboxylic acids is 1. The van der Waals surface area contributed by atoms with Crippen molar-refractivity contribution in [3.8, 4) is 0 Å². The highest BCUT2D eigenvalue weighted by Crippen LogP contribution is 2.30. The molecule has 29 heavy (non-hydrogen) atoms. The van der Waals surface area contributed by atoms with Crippen LogP contribution in [0.5, 0.6) is 0 Å². The van der Waals surface area contributed by atoms with Crippen molar-refractivity contribution in [1.29, 1.82) is 0 Å². The van der Waals surface area contributed by atoms with E-state index in [0.29, 0.717) is 13.0 Å². The summed E-state index contributed by atoms with van der Waals surface area (Å²) in [4.78, 5) is 14.0. The van der Waals surface area contributed by atoms with Gasteiger partial charge in [0.05, 0.1) is 13.0 Å². The van der Waals surface area contributed by atoms with Crippen LogP contribution in [0.4, 0.5) is 5.69 Å². The van der Waals surface area contributed by atoms with E-state index in [1.54, 1.807) is 11.8 Å². The number of nitrogens with one attached hydrogen (secondary N) is 1. The lowest BCUT2D eigenvalue weighted by Crippen LogP contribution is -2.07. The Bertz CT molecular complexity index is 911. The number of rotatable bonds is 10. The van der Waals surface area contributed by atoms with Crippen LogP contribution in [0.15, 0.2) is 88.7 Å². The van der Waals surface area contributed by atoms with Crippen molar-refractivity contribution in [2.24, 2.45) is 0 Å². The number of benzene rings is 3. The minimum Gasteiger partial charge on any atom is -0.466 e. The molecule has 1 N–H and O–H groups in total. The molecule has 0 aliphatic rings. The molecule has 3 nitrogen and oxygen atoms in total. The molecule has 3 aromatic rings. The second kappa shape index (κ2) is 11.3. The van der Waals surface area contributed by atoms with Crippen LogP contribution in [0.2, 0.25) is 0 Å². The Labute approximate surface area is 177 Å². The molecule has 150 valence electrons. The normalized spacial score (nSPS) is 10.5. The van der Waals surface area contributed by atoms with Gasteiger partial charge in [-0.1, -0.05) is 60.3 Å². The van der Waals surface area contributed by atoms with Crippen molar-refractivity contribution >= 4 is 23.4 Å². The second-order valence-corrected chi connectivity index (χ2v) is 7.92. The van der Waals surface area contributed by atoms with Crippen molar-refractivity contribution < 1.29 is 9.53 Å². The van der Waals surface area contributed by atoms with Gasteiger partial charge in [-0.2, -0.15) is 0 Å². The smallest absolute Gasteiger partial charge is 0.310 e. The third-order valence-corrected chi connectivity index (χ3v) is 5.42. The molecule has 0 saturated carbocycles. The quantitative estimate of drug-likeness (QED) is 0.332. The Kier molecular flexibility index (Phi) is 8.20. The maximum Gasteiger partial charge on any atom is 0.310 e. The first-order chi connectivity index (χ1) is 14.2. The van der Waals surface area contributed by atoms with Crippen LogP contribution in [0.1, 0.15) is 24.5 Å². The van der Waals surface area contributed by atoms with E-state index in [1.165, 1.54) is 10.5 Å². The summed E-state index contributed by atoms with van der Waals surface area (Å²) in [6.07, 6.45) is 2.48. The molecule has 0 heterocycles. The van der Waals surface area contributed by atoms with Crippen molar-refractivity contribution in [2.75, 3.05) is 18.5 Å². The third kappa shape index (κ3) is 7.31. The van der Waals surface area contributed by atoms with Gasteiger partial charge in [-0.15, -0.1) is 0 Å². The standard InChI is InChI=1S/C25H27NO2S/c1-2-28-25(27)18-21-11-6-14-23(17-21)29-24-15-7-13-22(19-24)26-16-8-12-20-9-4-3-5-10-20/h3-7,9-11,13-15,17,19,26H,2,8,12,16,18H2,1H3. The highest BCUT2D eigenvalue weighted by atomic mass is 32.2. The molecule has 0 bridgehead atoms. The number of hydrogen-bond donors (Lipinski definition) is 1. The molecule has 0 saturated heterocycles.